The highest BCUT2D eigenvalue weighted by Gasteiger charge is 2.34. The summed E-state index contributed by atoms with van der Waals surface area (Å²) in [5.41, 5.74) is 16.4. The van der Waals surface area contributed by atoms with E-state index in [-0.39, 0.29) is 43.6 Å². The molecule has 0 unspecified atom stereocenters. The fourth-order valence-corrected chi connectivity index (χ4v) is 5.47. The monoisotopic (exact) mass is 864 g/mol. The normalized spacial score (nSPS) is 15.6. The summed E-state index contributed by atoms with van der Waals surface area (Å²) in [5.74, 6) is -10.2. The third-order valence-corrected chi connectivity index (χ3v) is 9.54. The second-order valence-electron chi connectivity index (χ2n) is 13.6. The van der Waals surface area contributed by atoms with Gasteiger partial charge in [0.25, 0.3) is 0 Å². The van der Waals surface area contributed by atoms with Crippen molar-refractivity contribution >= 4 is 84.5 Å². The van der Waals surface area contributed by atoms with Crippen LogP contribution in [0.5, 0.6) is 0 Å². The van der Waals surface area contributed by atoms with Crippen LogP contribution in [-0.4, -0.2) is 136 Å². The molecule has 0 spiro atoms. The smallest absolute Gasteiger partial charge is 0.326 e. The molecule has 0 rings (SSSR count). The van der Waals surface area contributed by atoms with Gasteiger partial charge >= 0.3 is 11.9 Å². The Balaban J connectivity index is 5.82. The van der Waals surface area contributed by atoms with Crippen LogP contribution in [0.15, 0.2) is 0 Å². The first-order chi connectivity index (χ1) is 27.1. The largest absolute Gasteiger partial charge is 0.481 e. The number of aliphatic carboxylic acids is 2. The molecule has 0 radical (unpaired) electrons. The average molecular weight is 865 g/mol. The number of nitrogens with one attached hydrogen (secondary N) is 7. The molecule has 0 fully saturated rings. The van der Waals surface area contributed by atoms with E-state index in [4.69, 9.17) is 22.3 Å². The summed E-state index contributed by atoms with van der Waals surface area (Å²) >= 11 is 8.21. The SMILES string of the molecule is CC[C@H](C)[C@H](NC(=O)[C@H](CS)NC(=O)[C@H](C)NC(=O)[C@@H](N)CCC(=O)O)C(=O)N[C@@H](CCC(N)=O)C(=O)N[C@@H](C)C(=O)N[C@@H](CS)C(=O)N[C@@H](CCCCN)C(=O)O. The van der Waals surface area contributed by atoms with Crippen molar-refractivity contribution in [2.75, 3.05) is 18.1 Å². The summed E-state index contributed by atoms with van der Waals surface area (Å²) in [6.07, 6.45) is 0.171. The topological polar surface area (TPSA) is 373 Å². The first-order valence-corrected chi connectivity index (χ1v) is 19.9. The number of unbranched alkanes of at least 4 members (excludes halogenated alkanes) is 1. The van der Waals surface area contributed by atoms with Gasteiger partial charge in [-0.3, -0.25) is 43.2 Å². The molecule has 0 aliphatic carbocycles. The lowest BCUT2D eigenvalue weighted by molar-refractivity contribution is -0.142. The van der Waals surface area contributed by atoms with Crippen molar-refractivity contribution in [3.8, 4) is 0 Å². The number of thiol groups is 2. The fourth-order valence-electron chi connectivity index (χ4n) is 4.95. The minimum atomic E-state index is -1.46. The van der Waals surface area contributed by atoms with Crippen LogP contribution in [0.25, 0.3) is 0 Å². The van der Waals surface area contributed by atoms with Crippen LogP contribution in [0.1, 0.15) is 79.1 Å². The zero-order valence-electron chi connectivity index (χ0n) is 33.1. The van der Waals surface area contributed by atoms with Crippen LogP contribution in [-0.2, 0) is 47.9 Å². The molecule has 0 heterocycles. The summed E-state index contributed by atoms with van der Waals surface area (Å²) in [7, 11) is 0. The van der Waals surface area contributed by atoms with Gasteiger partial charge in [0.05, 0.1) is 6.04 Å². The van der Waals surface area contributed by atoms with Crippen molar-refractivity contribution in [1.82, 2.24) is 37.2 Å². The second-order valence-corrected chi connectivity index (χ2v) is 14.3. The summed E-state index contributed by atoms with van der Waals surface area (Å²) in [6, 6.07) is -10.4. The lowest BCUT2D eigenvalue weighted by Gasteiger charge is -2.29. The predicted octanol–water partition coefficient (Wildman–Crippen LogP) is -4.00. The molecule has 22 nitrogen and oxygen atoms in total. The first-order valence-electron chi connectivity index (χ1n) is 18.7. The highest BCUT2D eigenvalue weighted by atomic mass is 32.1. The average Bonchev–Trinajstić information content (AvgIpc) is 3.16. The zero-order valence-corrected chi connectivity index (χ0v) is 34.9. The predicted molar refractivity (Wildman–Crippen MR) is 216 cm³/mol. The zero-order chi connectivity index (χ0) is 44.7. The second kappa shape index (κ2) is 27.9. The summed E-state index contributed by atoms with van der Waals surface area (Å²) < 4.78 is 0. The Bertz CT molecular complexity index is 1460. The molecular weight excluding hydrogens is 805 g/mol. The molecule has 0 saturated heterocycles. The van der Waals surface area contributed by atoms with Crippen molar-refractivity contribution in [3.05, 3.63) is 0 Å². The van der Waals surface area contributed by atoms with Crippen molar-refractivity contribution in [2.24, 2.45) is 23.1 Å². The summed E-state index contributed by atoms with van der Waals surface area (Å²) in [6.45, 7) is 6.26. The molecule has 0 aromatic heterocycles. The molecule has 15 N–H and O–H groups in total. The number of carboxylic acids is 2. The van der Waals surface area contributed by atoms with E-state index in [0.717, 1.165) is 0 Å². The van der Waals surface area contributed by atoms with Crippen LogP contribution >= 0.6 is 25.3 Å². The van der Waals surface area contributed by atoms with Gasteiger partial charge in [-0.15, -0.1) is 0 Å². The highest BCUT2D eigenvalue weighted by molar-refractivity contribution is 7.80. The van der Waals surface area contributed by atoms with E-state index in [1.807, 2.05) is 0 Å². The Kier molecular flexibility index (Phi) is 25.6. The van der Waals surface area contributed by atoms with Gasteiger partial charge in [0.2, 0.25) is 47.3 Å². The molecule has 9 atom stereocenters. The van der Waals surface area contributed by atoms with Gasteiger partial charge in [-0.05, 0) is 58.4 Å². The van der Waals surface area contributed by atoms with E-state index in [2.05, 4.69) is 62.5 Å². The van der Waals surface area contributed by atoms with E-state index < -0.39 is 113 Å². The van der Waals surface area contributed by atoms with Crippen LogP contribution in [0.4, 0.5) is 0 Å². The van der Waals surface area contributed by atoms with Crippen molar-refractivity contribution in [3.63, 3.8) is 0 Å². The molecule has 0 bridgehead atoms. The Labute approximate surface area is 347 Å². The minimum absolute atomic E-state index is 0.0975. The minimum Gasteiger partial charge on any atom is -0.481 e. The standard InChI is InChI=1S/C34H60N10O12S2/c1-5-16(2)26(44-32(53)23(15-58)43-27(48)17(3)38-29(50)19(36)9-12-25(46)47)33(54)40-20(10-11-24(37)45)30(51)39-18(4)28(49)42-22(14-57)31(52)41-21(34(55)56)8-6-7-13-35/h16-23,26,57-58H,5-15,35-36H2,1-4H3,(H2,37,45)(H,38,50)(H,39,51)(H,40,54)(H,41,52)(H,42,49)(H,43,48)(H,44,53)(H,46,47)(H,55,56)/t16-,17-,18-,19-,20-,21-,22-,23-,26-/m0/s1. The number of nitrogens with two attached hydrogens (primary N) is 3. The molecule has 0 saturated carbocycles. The van der Waals surface area contributed by atoms with Gasteiger partial charge in [0.1, 0.15) is 42.3 Å². The maximum atomic E-state index is 13.7. The van der Waals surface area contributed by atoms with Crippen molar-refractivity contribution in [1.29, 1.82) is 0 Å². The van der Waals surface area contributed by atoms with E-state index in [1.54, 1.807) is 13.8 Å². The Hall–Kier alpha value is -4.68. The number of primary amides is 1. The van der Waals surface area contributed by atoms with E-state index in [0.29, 0.717) is 25.8 Å². The van der Waals surface area contributed by atoms with Crippen LogP contribution in [0.2, 0.25) is 0 Å². The highest BCUT2D eigenvalue weighted by Crippen LogP contribution is 2.11. The molecule has 0 aromatic rings. The van der Waals surface area contributed by atoms with Crippen LogP contribution in [0.3, 0.4) is 0 Å². The molecule has 8 amide bonds. The molecule has 24 heteroatoms. The molecule has 0 aliphatic rings. The maximum absolute atomic E-state index is 13.7. The Morgan fingerprint density at radius 2 is 1.03 bits per heavy atom. The van der Waals surface area contributed by atoms with Crippen LogP contribution in [0, 0.1) is 5.92 Å². The Morgan fingerprint density at radius 3 is 1.48 bits per heavy atom. The third kappa shape index (κ3) is 20.1. The van der Waals surface area contributed by atoms with E-state index >= 15 is 0 Å². The summed E-state index contributed by atoms with van der Waals surface area (Å²) in [5, 5.41) is 35.2. The number of carbonyl (C=O) groups is 10. The maximum Gasteiger partial charge on any atom is 0.326 e. The molecule has 0 aliphatic heterocycles. The number of hydrogen-bond donors (Lipinski definition) is 14. The van der Waals surface area contributed by atoms with Crippen LogP contribution < -0.4 is 54.4 Å². The van der Waals surface area contributed by atoms with Gasteiger partial charge in [-0.25, -0.2) is 4.79 Å². The number of hydrogen-bond acceptors (Lipinski definition) is 14. The quantitative estimate of drug-likeness (QED) is 0.0252. The molecule has 330 valence electrons. The van der Waals surface area contributed by atoms with Gasteiger partial charge in [0, 0.05) is 24.3 Å². The summed E-state index contributed by atoms with van der Waals surface area (Å²) in [4.78, 5) is 125. The lowest BCUT2D eigenvalue weighted by atomic mass is 9.97. The van der Waals surface area contributed by atoms with Crippen molar-refractivity contribution < 1.29 is 58.2 Å². The number of carbonyl (C=O) groups excluding carboxylic acids is 8. The van der Waals surface area contributed by atoms with E-state index in [1.165, 1.54) is 13.8 Å². The molecule has 58 heavy (non-hydrogen) atoms. The van der Waals surface area contributed by atoms with E-state index in [9.17, 15) is 53.1 Å². The number of rotatable bonds is 29. The Morgan fingerprint density at radius 1 is 0.569 bits per heavy atom. The van der Waals surface area contributed by atoms with Gasteiger partial charge in [0.15, 0.2) is 0 Å². The lowest BCUT2D eigenvalue weighted by Crippen LogP contribution is -2.61. The number of carboxylic acid groups (broad SMARTS) is 2. The van der Waals surface area contributed by atoms with Gasteiger partial charge < -0.3 is 64.6 Å². The van der Waals surface area contributed by atoms with Gasteiger partial charge in [-0.1, -0.05) is 20.3 Å². The number of amides is 8. The third-order valence-electron chi connectivity index (χ3n) is 8.81. The molecule has 0 aromatic carbocycles. The van der Waals surface area contributed by atoms with Crippen molar-refractivity contribution in [2.45, 2.75) is 127 Å². The molecular formula is C34H60N10O12S2. The first kappa shape index (κ1) is 53.3. The fraction of sp³-hybridized carbons (Fsp3) is 0.706. The van der Waals surface area contributed by atoms with Gasteiger partial charge in [-0.2, -0.15) is 25.3 Å².